The maximum Gasteiger partial charge on any atom is 0.100 e. The first-order valence-electron chi connectivity index (χ1n) is 7.53. The molecule has 128 valence electrons. The predicted molar refractivity (Wildman–Crippen MR) is 103 cm³/mol. The molecule has 0 bridgehead atoms. The Balaban J connectivity index is 0.000000343. The molecule has 0 unspecified atom stereocenters. The van der Waals surface area contributed by atoms with E-state index < -0.39 is 6.10 Å². The molecule has 0 saturated heterocycles. The van der Waals surface area contributed by atoms with Crippen molar-refractivity contribution in [1.82, 2.24) is 0 Å². The molecule has 24 heavy (non-hydrogen) atoms. The van der Waals surface area contributed by atoms with Crippen LogP contribution in [0.2, 0.25) is 0 Å². The largest absolute Gasteiger partial charge is 0.394 e. The Morgan fingerprint density at radius 2 is 1.00 bits per heavy atom. The van der Waals surface area contributed by atoms with Gasteiger partial charge in [0.25, 0.3) is 0 Å². The van der Waals surface area contributed by atoms with Crippen molar-refractivity contribution in [3.63, 3.8) is 0 Å². The van der Waals surface area contributed by atoms with Crippen LogP contribution in [-0.2, 0) is 0 Å². The van der Waals surface area contributed by atoms with Crippen molar-refractivity contribution >= 4 is 18.2 Å². The van der Waals surface area contributed by atoms with Gasteiger partial charge in [0.1, 0.15) is 6.10 Å². The molecular weight excluding hydrogens is 300 g/mol. The van der Waals surface area contributed by atoms with Gasteiger partial charge < -0.3 is 15.3 Å². The third kappa shape index (κ3) is 10.3. The second kappa shape index (κ2) is 14.2. The van der Waals surface area contributed by atoms with Gasteiger partial charge in [-0.3, -0.25) is 0 Å². The second-order valence-corrected chi connectivity index (χ2v) is 4.71. The van der Waals surface area contributed by atoms with E-state index in [1.807, 2.05) is 72.8 Å². The minimum absolute atomic E-state index is 0.365. The van der Waals surface area contributed by atoms with Crippen LogP contribution < -0.4 is 0 Å². The molecule has 2 aromatic carbocycles. The number of hydrogen-bond acceptors (Lipinski definition) is 3. The van der Waals surface area contributed by atoms with Crippen molar-refractivity contribution in [3.05, 3.63) is 91.0 Å². The van der Waals surface area contributed by atoms with Gasteiger partial charge in [-0.2, -0.15) is 0 Å². The van der Waals surface area contributed by atoms with Crippen LogP contribution >= 0.6 is 0 Å². The predicted octanol–water partition coefficient (Wildman–Crippen LogP) is 3.63. The summed E-state index contributed by atoms with van der Waals surface area (Å²) >= 11 is 0. The maximum atomic E-state index is 8.17. The van der Waals surface area contributed by atoms with Crippen LogP contribution in [-0.4, -0.2) is 34.6 Å². The molecular formula is C21H26O3. The van der Waals surface area contributed by atoms with E-state index in [1.165, 1.54) is 5.56 Å². The summed E-state index contributed by atoms with van der Waals surface area (Å²) in [6.45, 7) is 10.2. The van der Waals surface area contributed by atoms with E-state index >= 15 is 0 Å². The van der Waals surface area contributed by atoms with Crippen molar-refractivity contribution in [2.45, 2.75) is 6.10 Å². The molecule has 0 spiro atoms. The Labute approximate surface area is 144 Å². The van der Waals surface area contributed by atoms with E-state index in [0.29, 0.717) is 0 Å². The van der Waals surface area contributed by atoms with Gasteiger partial charge in [-0.05, 0) is 16.7 Å². The monoisotopic (exact) mass is 326 g/mol. The van der Waals surface area contributed by atoms with E-state index in [1.54, 1.807) is 0 Å². The molecule has 0 aromatic heterocycles. The highest BCUT2D eigenvalue weighted by Gasteiger charge is 1.93. The van der Waals surface area contributed by atoms with E-state index in [-0.39, 0.29) is 13.2 Å². The molecule has 0 fully saturated rings. The lowest BCUT2D eigenvalue weighted by Gasteiger charge is -1.96. The molecule has 0 amide bonds. The van der Waals surface area contributed by atoms with Gasteiger partial charge >= 0.3 is 0 Å². The fourth-order valence-electron chi connectivity index (χ4n) is 1.42. The molecule has 0 saturated carbocycles. The highest BCUT2D eigenvalue weighted by molar-refractivity contribution is 5.53. The quantitative estimate of drug-likeness (QED) is 0.786. The Morgan fingerprint density at radius 1 is 0.667 bits per heavy atom. The lowest BCUT2D eigenvalue weighted by molar-refractivity contribution is 0.0450. The summed E-state index contributed by atoms with van der Waals surface area (Å²) in [7, 11) is 0. The van der Waals surface area contributed by atoms with Crippen molar-refractivity contribution in [2.24, 2.45) is 0 Å². The zero-order valence-electron chi connectivity index (χ0n) is 13.9. The highest BCUT2D eigenvalue weighted by Crippen LogP contribution is 2.05. The number of aliphatic hydroxyl groups is 3. The Kier molecular flexibility index (Phi) is 12.7. The summed E-state index contributed by atoms with van der Waals surface area (Å²) in [6.07, 6.45) is 4.53. The molecule has 0 aliphatic carbocycles. The Bertz CT molecular complexity index is 543. The zero-order valence-corrected chi connectivity index (χ0v) is 13.9. The molecule has 0 aliphatic heterocycles. The fraction of sp³-hybridized carbons (Fsp3) is 0.143. The first kappa shape index (κ1) is 21.5. The maximum absolute atomic E-state index is 8.17. The summed E-state index contributed by atoms with van der Waals surface area (Å²) in [5.41, 5.74) is 3.46. The van der Waals surface area contributed by atoms with Crippen molar-refractivity contribution in [1.29, 1.82) is 0 Å². The average Bonchev–Trinajstić information content (AvgIpc) is 2.69. The van der Waals surface area contributed by atoms with Crippen molar-refractivity contribution in [2.75, 3.05) is 13.2 Å². The summed E-state index contributed by atoms with van der Waals surface area (Å²) in [4.78, 5) is 0. The third-order valence-electron chi connectivity index (χ3n) is 2.86. The van der Waals surface area contributed by atoms with Crippen molar-refractivity contribution < 1.29 is 15.3 Å². The van der Waals surface area contributed by atoms with Crippen LogP contribution in [0.1, 0.15) is 16.7 Å². The first-order chi connectivity index (χ1) is 11.6. The van der Waals surface area contributed by atoms with Crippen molar-refractivity contribution in [3.8, 4) is 0 Å². The van der Waals surface area contributed by atoms with Crippen LogP contribution in [0.5, 0.6) is 0 Å². The van der Waals surface area contributed by atoms with Gasteiger partial charge in [0.05, 0.1) is 13.2 Å². The first-order valence-corrected chi connectivity index (χ1v) is 7.53. The van der Waals surface area contributed by atoms with Crippen LogP contribution in [0.3, 0.4) is 0 Å². The molecule has 0 radical (unpaired) electrons. The van der Waals surface area contributed by atoms with E-state index in [4.69, 9.17) is 15.3 Å². The number of hydrogen-bond donors (Lipinski definition) is 3. The van der Waals surface area contributed by atoms with E-state index in [9.17, 15) is 0 Å². The molecule has 2 rings (SSSR count). The molecule has 3 heteroatoms. The van der Waals surface area contributed by atoms with Crippen LogP contribution in [0.25, 0.3) is 18.2 Å². The zero-order chi connectivity index (χ0) is 18.2. The second-order valence-electron chi connectivity index (χ2n) is 4.71. The summed E-state index contributed by atoms with van der Waals surface area (Å²) in [6, 6.07) is 18.1. The Morgan fingerprint density at radius 3 is 1.21 bits per heavy atom. The van der Waals surface area contributed by atoms with Gasteiger partial charge in [-0.1, -0.05) is 92.6 Å². The molecule has 0 heterocycles. The molecule has 3 N–H and O–H groups in total. The number of aliphatic hydroxyl groups excluding tert-OH is 3. The lowest BCUT2D eigenvalue weighted by atomic mass is 10.1. The average molecular weight is 326 g/mol. The van der Waals surface area contributed by atoms with E-state index in [0.717, 1.165) is 11.1 Å². The van der Waals surface area contributed by atoms with Gasteiger partial charge in [-0.15, -0.1) is 0 Å². The molecule has 0 aliphatic rings. The summed E-state index contributed by atoms with van der Waals surface area (Å²) in [5, 5.41) is 24.0. The number of rotatable bonds is 5. The lowest BCUT2D eigenvalue weighted by Crippen LogP contribution is -2.15. The third-order valence-corrected chi connectivity index (χ3v) is 2.86. The minimum Gasteiger partial charge on any atom is -0.394 e. The standard InChI is InChI=1S/C10H10.C8H8.C3H8O3/c1-3-9-5-7-10(4-2)8-6-9;1-2-8-6-4-3-5-7-8;4-1-3(6)2-5/h3-8H,1-2H2;2-7H,1H2;3-6H,1-2H2. The van der Waals surface area contributed by atoms with Crippen LogP contribution in [0, 0.1) is 0 Å². The molecule has 2 aromatic rings. The van der Waals surface area contributed by atoms with Gasteiger partial charge in [-0.25, -0.2) is 0 Å². The summed E-state index contributed by atoms with van der Waals surface area (Å²) < 4.78 is 0. The van der Waals surface area contributed by atoms with Crippen LogP contribution in [0.15, 0.2) is 74.3 Å². The topological polar surface area (TPSA) is 60.7 Å². The normalized spacial score (nSPS) is 9.00. The minimum atomic E-state index is -0.954. The summed E-state index contributed by atoms with van der Waals surface area (Å²) in [5.74, 6) is 0. The van der Waals surface area contributed by atoms with Gasteiger partial charge in [0, 0.05) is 0 Å². The molecule has 3 nitrogen and oxygen atoms in total. The SMILES string of the molecule is C=Cc1ccc(C=C)cc1.C=Cc1ccccc1.OCC(O)CO. The smallest absolute Gasteiger partial charge is 0.100 e. The highest BCUT2D eigenvalue weighted by atomic mass is 16.3. The van der Waals surface area contributed by atoms with Gasteiger partial charge in [0.2, 0.25) is 0 Å². The molecule has 0 atom stereocenters. The Hall–Kier alpha value is -2.46. The van der Waals surface area contributed by atoms with Crippen LogP contribution in [0.4, 0.5) is 0 Å². The number of benzene rings is 2. The van der Waals surface area contributed by atoms with E-state index in [2.05, 4.69) is 19.7 Å². The fourth-order valence-corrected chi connectivity index (χ4v) is 1.42. The van der Waals surface area contributed by atoms with Gasteiger partial charge in [0.15, 0.2) is 0 Å².